The van der Waals surface area contributed by atoms with Crippen LogP contribution in [0.3, 0.4) is 0 Å². The summed E-state index contributed by atoms with van der Waals surface area (Å²) in [7, 11) is 0. The molecule has 0 aliphatic carbocycles. The average molecular weight is 418 g/mol. The first-order chi connectivity index (χ1) is 14.5. The third-order valence-corrected chi connectivity index (χ3v) is 5.53. The quantitative estimate of drug-likeness (QED) is 0.466. The first-order valence-corrected chi connectivity index (χ1v) is 10.1. The van der Waals surface area contributed by atoms with Crippen LogP contribution in [0.5, 0.6) is 0 Å². The summed E-state index contributed by atoms with van der Waals surface area (Å²) < 4.78 is 0. The van der Waals surface area contributed by atoms with Crippen molar-refractivity contribution < 1.29 is 4.79 Å². The van der Waals surface area contributed by atoms with E-state index >= 15 is 0 Å². The highest BCUT2D eigenvalue weighted by molar-refractivity contribution is 6.30. The van der Waals surface area contributed by atoms with Gasteiger partial charge in [-0.1, -0.05) is 23.7 Å². The molecule has 2 N–H and O–H groups in total. The van der Waals surface area contributed by atoms with Crippen LogP contribution in [0.1, 0.15) is 22.5 Å². The van der Waals surface area contributed by atoms with Gasteiger partial charge in [-0.25, -0.2) is 4.79 Å². The Kier molecular flexibility index (Phi) is 4.44. The molecule has 1 aliphatic heterocycles. The van der Waals surface area contributed by atoms with E-state index in [9.17, 15) is 4.79 Å². The molecule has 2 aromatic carbocycles. The lowest BCUT2D eigenvalue weighted by Crippen LogP contribution is -2.38. The van der Waals surface area contributed by atoms with Crippen molar-refractivity contribution in [2.24, 2.45) is 0 Å². The van der Waals surface area contributed by atoms with Crippen LogP contribution >= 0.6 is 11.6 Å². The monoisotopic (exact) mass is 417 g/mol. The predicted octanol–water partition coefficient (Wildman–Crippen LogP) is 5.44. The largest absolute Gasteiger partial charge is 0.322 e. The Labute approximate surface area is 178 Å². The molecule has 0 fully saturated rings. The molecular weight excluding hydrogens is 398 g/mol. The number of aromatic nitrogens is 3. The number of halogens is 1. The first kappa shape index (κ1) is 18.6. The third-order valence-electron chi connectivity index (χ3n) is 5.29. The average Bonchev–Trinajstić information content (AvgIpc) is 3.09. The lowest BCUT2D eigenvalue weighted by Gasteiger charge is -2.29. The van der Waals surface area contributed by atoms with Crippen LogP contribution in [0, 0.1) is 13.8 Å². The van der Waals surface area contributed by atoms with E-state index in [2.05, 4.69) is 26.6 Å². The normalized spacial score (nSPS) is 13.4. The molecule has 2 aromatic heterocycles. The van der Waals surface area contributed by atoms with Crippen molar-refractivity contribution in [3.8, 4) is 11.3 Å². The van der Waals surface area contributed by atoms with E-state index in [4.69, 9.17) is 11.6 Å². The maximum Gasteiger partial charge on any atom is 0.322 e. The number of nitrogens with one attached hydrogen (secondary N) is 2. The van der Waals surface area contributed by atoms with Gasteiger partial charge in [0, 0.05) is 46.1 Å². The molecule has 0 atom stereocenters. The highest BCUT2D eigenvalue weighted by Crippen LogP contribution is 2.34. The van der Waals surface area contributed by atoms with Crippen LogP contribution in [0.2, 0.25) is 5.02 Å². The minimum Gasteiger partial charge on any atom is -0.316 e. The number of aromatic amines is 1. The molecule has 1 aliphatic rings. The van der Waals surface area contributed by atoms with E-state index < -0.39 is 0 Å². The number of rotatable bonds is 3. The smallest absolute Gasteiger partial charge is 0.316 e. The molecule has 6 nitrogen and oxygen atoms in total. The number of amides is 2. The van der Waals surface area contributed by atoms with E-state index in [1.807, 2.05) is 56.3 Å². The number of benzene rings is 2. The Balaban J connectivity index is 1.52. The molecule has 0 saturated carbocycles. The second-order valence-corrected chi connectivity index (χ2v) is 8.12. The minimum atomic E-state index is -0.123. The topological polar surface area (TPSA) is 73.9 Å². The number of carbonyl (C=O) groups is 1. The number of hydrogen-bond donors (Lipinski definition) is 2. The van der Waals surface area contributed by atoms with Gasteiger partial charge in [-0.3, -0.25) is 10.1 Å². The highest BCUT2D eigenvalue weighted by atomic mass is 35.5. The summed E-state index contributed by atoms with van der Waals surface area (Å²) in [6.45, 7) is 4.97. The standard InChI is InChI=1S/C23H20ClN5O/c1-13-6-16(7-14(2)25-13)22-19-9-17-12-29(11-15-4-3-5-18(24)8-15)23(30)26-20(17)10-21(19)27-28-22/h3-10H,11-12H2,1-2H3,(H,26,30)(H,27,28). The highest BCUT2D eigenvalue weighted by Gasteiger charge is 2.24. The van der Waals surface area contributed by atoms with Crippen LogP contribution in [-0.4, -0.2) is 26.1 Å². The minimum absolute atomic E-state index is 0.123. The fourth-order valence-electron chi connectivity index (χ4n) is 4.00. The summed E-state index contributed by atoms with van der Waals surface area (Å²) in [5.74, 6) is 0. The molecule has 0 bridgehead atoms. The van der Waals surface area contributed by atoms with E-state index in [0.717, 1.165) is 50.4 Å². The molecular formula is C23H20ClN5O. The van der Waals surface area contributed by atoms with Crippen LogP contribution in [0.4, 0.5) is 10.5 Å². The number of anilines is 1. The molecule has 0 spiro atoms. The first-order valence-electron chi connectivity index (χ1n) is 9.73. The van der Waals surface area contributed by atoms with Crippen molar-refractivity contribution in [2.75, 3.05) is 5.32 Å². The fourth-order valence-corrected chi connectivity index (χ4v) is 4.22. The number of pyridine rings is 1. The summed E-state index contributed by atoms with van der Waals surface area (Å²) >= 11 is 6.10. The Morgan fingerprint density at radius 1 is 1.10 bits per heavy atom. The fraction of sp³-hybridized carbons (Fsp3) is 0.174. The number of carbonyl (C=O) groups excluding carboxylic acids is 1. The molecule has 5 rings (SSSR count). The molecule has 150 valence electrons. The van der Waals surface area contributed by atoms with Crippen molar-refractivity contribution in [3.63, 3.8) is 0 Å². The van der Waals surface area contributed by atoms with E-state index in [1.54, 1.807) is 4.90 Å². The van der Waals surface area contributed by atoms with Gasteiger partial charge in [0.25, 0.3) is 0 Å². The second kappa shape index (κ2) is 7.15. The van der Waals surface area contributed by atoms with E-state index in [1.165, 1.54) is 0 Å². The number of nitrogens with zero attached hydrogens (tertiary/aromatic N) is 3. The van der Waals surface area contributed by atoms with Crippen molar-refractivity contribution in [1.82, 2.24) is 20.1 Å². The summed E-state index contributed by atoms with van der Waals surface area (Å²) in [4.78, 5) is 18.9. The van der Waals surface area contributed by atoms with Gasteiger partial charge < -0.3 is 10.2 Å². The van der Waals surface area contributed by atoms with Crippen LogP contribution in [0.15, 0.2) is 48.5 Å². The summed E-state index contributed by atoms with van der Waals surface area (Å²) in [5, 5.41) is 12.3. The second-order valence-electron chi connectivity index (χ2n) is 7.68. The van der Waals surface area contributed by atoms with Crippen molar-refractivity contribution in [2.45, 2.75) is 26.9 Å². The Hall–Kier alpha value is -3.38. The Morgan fingerprint density at radius 2 is 1.90 bits per heavy atom. The van der Waals surface area contributed by atoms with Gasteiger partial charge in [0.05, 0.1) is 5.52 Å². The zero-order valence-corrected chi connectivity index (χ0v) is 17.4. The third kappa shape index (κ3) is 3.39. The molecule has 2 amide bonds. The van der Waals surface area contributed by atoms with Crippen molar-refractivity contribution in [1.29, 1.82) is 0 Å². The van der Waals surface area contributed by atoms with E-state index in [0.29, 0.717) is 18.1 Å². The zero-order chi connectivity index (χ0) is 20.8. The SMILES string of the molecule is Cc1cc(-c2n[nH]c3cc4c(cc23)CN(Cc2cccc(Cl)c2)C(=O)N4)cc(C)n1. The molecule has 0 saturated heterocycles. The summed E-state index contributed by atoms with van der Waals surface area (Å²) in [6, 6.07) is 15.6. The van der Waals surface area contributed by atoms with Gasteiger partial charge >= 0.3 is 6.03 Å². The van der Waals surface area contributed by atoms with Crippen LogP contribution in [0.25, 0.3) is 22.2 Å². The van der Waals surface area contributed by atoms with Gasteiger partial charge in [-0.2, -0.15) is 5.10 Å². The van der Waals surface area contributed by atoms with Crippen molar-refractivity contribution in [3.05, 3.63) is 76.1 Å². The molecule has 0 radical (unpaired) electrons. The lowest BCUT2D eigenvalue weighted by atomic mass is 10.0. The number of urea groups is 1. The number of fused-ring (bicyclic) bond motifs is 2. The number of aryl methyl sites for hydroxylation is 2. The number of H-pyrrole nitrogens is 1. The van der Waals surface area contributed by atoms with Crippen molar-refractivity contribution >= 4 is 34.2 Å². The zero-order valence-electron chi connectivity index (χ0n) is 16.7. The maximum atomic E-state index is 12.6. The summed E-state index contributed by atoms with van der Waals surface area (Å²) in [6.07, 6.45) is 0. The Morgan fingerprint density at radius 3 is 2.67 bits per heavy atom. The Bertz CT molecular complexity index is 1280. The maximum absolute atomic E-state index is 12.6. The lowest BCUT2D eigenvalue weighted by molar-refractivity contribution is 0.204. The molecule has 0 unspecified atom stereocenters. The molecule has 7 heteroatoms. The van der Waals surface area contributed by atoms with E-state index in [-0.39, 0.29) is 6.03 Å². The summed E-state index contributed by atoms with van der Waals surface area (Å²) in [5.41, 5.74) is 7.58. The van der Waals surface area contributed by atoms with Gasteiger partial charge in [0.1, 0.15) is 5.69 Å². The van der Waals surface area contributed by atoms with Gasteiger partial charge in [-0.15, -0.1) is 0 Å². The molecule has 4 aromatic rings. The van der Waals surface area contributed by atoms with Gasteiger partial charge in [0.15, 0.2) is 0 Å². The van der Waals surface area contributed by atoms with Gasteiger partial charge in [-0.05, 0) is 61.4 Å². The van der Waals surface area contributed by atoms with Crippen LogP contribution in [-0.2, 0) is 13.1 Å². The molecule has 30 heavy (non-hydrogen) atoms. The van der Waals surface area contributed by atoms with Crippen LogP contribution < -0.4 is 5.32 Å². The predicted molar refractivity (Wildman–Crippen MR) is 119 cm³/mol. The number of hydrogen-bond acceptors (Lipinski definition) is 3. The molecule has 3 heterocycles. The van der Waals surface area contributed by atoms with Gasteiger partial charge in [0.2, 0.25) is 0 Å².